The molecule has 1 rings (SSSR count). The van der Waals surface area contributed by atoms with Crippen molar-refractivity contribution in [1.29, 1.82) is 0 Å². The highest BCUT2D eigenvalue weighted by molar-refractivity contribution is 7.89. The molecule has 0 bridgehead atoms. The molecule has 6 heteroatoms. The van der Waals surface area contributed by atoms with Crippen molar-refractivity contribution in [1.82, 2.24) is 0 Å². The van der Waals surface area contributed by atoms with Gasteiger partial charge in [-0.3, -0.25) is 0 Å². The summed E-state index contributed by atoms with van der Waals surface area (Å²) in [5.41, 5.74) is 6.94. The van der Waals surface area contributed by atoms with E-state index < -0.39 is 10.0 Å². The summed E-state index contributed by atoms with van der Waals surface area (Å²) in [7, 11) is -1.84. The Hall–Kier alpha value is -1.27. The van der Waals surface area contributed by atoms with Crippen LogP contribution >= 0.6 is 0 Å². The van der Waals surface area contributed by atoms with Gasteiger partial charge in [0.15, 0.2) is 0 Å². The molecular formula is C12H21N3O2S. The average Bonchev–Trinajstić information content (AvgIpc) is 2.12. The molecule has 5 nitrogen and oxygen atoms in total. The fourth-order valence-electron chi connectivity index (χ4n) is 1.79. The van der Waals surface area contributed by atoms with E-state index in [9.17, 15) is 8.42 Å². The van der Waals surface area contributed by atoms with Crippen LogP contribution in [-0.2, 0) is 10.0 Å². The van der Waals surface area contributed by atoms with E-state index in [1.807, 2.05) is 11.9 Å². The maximum absolute atomic E-state index is 11.3. The number of primary sulfonamides is 1. The van der Waals surface area contributed by atoms with Crippen LogP contribution in [0.15, 0.2) is 23.1 Å². The lowest BCUT2D eigenvalue weighted by molar-refractivity contribution is 0.419. The molecule has 4 N–H and O–H groups in total. The summed E-state index contributed by atoms with van der Waals surface area (Å²) in [6.45, 7) is 7.10. The molecule has 18 heavy (non-hydrogen) atoms. The Bertz CT molecular complexity index is 533. The quantitative estimate of drug-likeness (QED) is 0.813. The van der Waals surface area contributed by atoms with Gasteiger partial charge >= 0.3 is 0 Å². The molecule has 0 saturated heterocycles. The molecule has 0 aliphatic heterocycles. The van der Waals surface area contributed by atoms with Crippen molar-refractivity contribution in [3.05, 3.63) is 18.2 Å². The molecule has 0 fully saturated rings. The summed E-state index contributed by atoms with van der Waals surface area (Å²) in [6.07, 6.45) is 0. The van der Waals surface area contributed by atoms with E-state index in [1.54, 1.807) is 6.07 Å². The number of hydrogen-bond acceptors (Lipinski definition) is 4. The SMILES string of the molecule is CN(CC(C)(C)C)c1cc(N)cc(S(N)(=O)=O)c1. The van der Waals surface area contributed by atoms with Gasteiger partial charge in [0.2, 0.25) is 10.0 Å². The van der Waals surface area contributed by atoms with Crippen molar-refractivity contribution >= 4 is 21.4 Å². The molecule has 0 saturated carbocycles. The molecule has 102 valence electrons. The Morgan fingerprint density at radius 3 is 2.22 bits per heavy atom. The molecule has 0 unspecified atom stereocenters. The fraction of sp³-hybridized carbons (Fsp3) is 0.500. The number of sulfonamides is 1. The molecule has 0 spiro atoms. The van der Waals surface area contributed by atoms with E-state index in [4.69, 9.17) is 10.9 Å². The van der Waals surface area contributed by atoms with Gasteiger partial charge in [0, 0.05) is 25.0 Å². The van der Waals surface area contributed by atoms with Crippen LogP contribution in [0.25, 0.3) is 0 Å². The monoisotopic (exact) mass is 271 g/mol. The number of nitrogens with two attached hydrogens (primary N) is 2. The molecule has 0 radical (unpaired) electrons. The Morgan fingerprint density at radius 2 is 1.78 bits per heavy atom. The fourth-order valence-corrected chi connectivity index (χ4v) is 2.38. The zero-order valence-corrected chi connectivity index (χ0v) is 12.1. The van der Waals surface area contributed by atoms with E-state index in [1.165, 1.54) is 12.1 Å². The highest BCUT2D eigenvalue weighted by Crippen LogP contribution is 2.25. The first-order valence-corrected chi connectivity index (χ1v) is 7.18. The summed E-state index contributed by atoms with van der Waals surface area (Å²) in [5.74, 6) is 0. The molecular weight excluding hydrogens is 250 g/mol. The van der Waals surface area contributed by atoms with Crippen molar-refractivity contribution in [2.45, 2.75) is 25.7 Å². The summed E-state index contributed by atoms with van der Waals surface area (Å²) < 4.78 is 22.7. The third kappa shape index (κ3) is 4.19. The van der Waals surface area contributed by atoms with Gasteiger partial charge in [-0.15, -0.1) is 0 Å². The second kappa shape index (κ2) is 4.78. The van der Waals surface area contributed by atoms with Gasteiger partial charge in [-0.2, -0.15) is 0 Å². The molecule has 1 aromatic carbocycles. The largest absolute Gasteiger partial charge is 0.399 e. The van der Waals surface area contributed by atoms with Crippen LogP contribution in [0, 0.1) is 5.41 Å². The van der Waals surface area contributed by atoms with E-state index in [2.05, 4.69) is 20.8 Å². The molecule has 0 atom stereocenters. The third-order valence-corrected chi connectivity index (χ3v) is 3.29. The molecule has 0 aliphatic carbocycles. The molecule has 0 aromatic heterocycles. The summed E-state index contributed by atoms with van der Waals surface area (Å²) in [4.78, 5) is 2.00. The number of nitrogen functional groups attached to an aromatic ring is 1. The highest BCUT2D eigenvalue weighted by Gasteiger charge is 2.16. The zero-order chi connectivity index (χ0) is 14.1. The summed E-state index contributed by atoms with van der Waals surface area (Å²) in [5, 5.41) is 5.12. The number of rotatable bonds is 3. The number of hydrogen-bond donors (Lipinski definition) is 2. The predicted octanol–water partition coefficient (Wildman–Crippen LogP) is 1.40. The molecule has 1 aromatic rings. The van der Waals surface area contributed by atoms with Gasteiger partial charge in [-0.25, -0.2) is 13.6 Å². The van der Waals surface area contributed by atoms with Crippen molar-refractivity contribution in [2.75, 3.05) is 24.2 Å². The lowest BCUT2D eigenvalue weighted by Crippen LogP contribution is -2.29. The van der Waals surface area contributed by atoms with Gasteiger partial charge in [-0.05, 0) is 23.6 Å². The van der Waals surface area contributed by atoms with Gasteiger partial charge < -0.3 is 10.6 Å². The maximum Gasteiger partial charge on any atom is 0.238 e. The van der Waals surface area contributed by atoms with Gasteiger partial charge in [-0.1, -0.05) is 20.8 Å². The van der Waals surface area contributed by atoms with E-state index in [0.29, 0.717) is 5.69 Å². The minimum Gasteiger partial charge on any atom is -0.399 e. The van der Waals surface area contributed by atoms with Gasteiger partial charge in [0.25, 0.3) is 0 Å². The lowest BCUT2D eigenvalue weighted by atomic mass is 9.96. The van der Waals surface area contributed by atoms with Crippen molar-refractivity contribution < 1.29 is 8.42 Å². The standard InChI is InChI=1S/C12H21N3O2S/c1-12(2,3)8-15(4)10-5-9(13)6-11(7-10)18(14,16)17/h5-7H,8,13H2,1-4H3,(H2,14,16,17). The Labute approximate surface area is 109 Å². The Kier molecular flexibility index (Phi) is 3.92. The van der Waals surface area contributed by atoms with Crippen LogP contribution in [0.3, 0.4) is 0 Å². The van der Waals surface area contributed by atoms with Crippen molar-refractivity contribution in [3.63, 3.8) is 0 Å². The zero-order valence-electron chi connectivity index (χ0n) is 11.3. The van der Waals surface area contributed by atoms with Crippen LogP contribution in [0.2, 0.25) is 0 Å². The summed E-state index contributed by atoms with van der Waals surface area (Å²) in [6, 6.07) is 4.64. The van der Waals surface area contributed by atoms with E-state index in [-0.39, 0.29) is 10.3 Å². The van der Waals surface area contributed by atoms with Crippen molar-refractivity contribution in [2.24, 2.45) is 10.6 Å². The van der Waals surface area contributed by atoms with Crippen LogP contribution in [0.1, 0.15) is 20.8 Å². The normalized spacial score (nSPS) is 12.5. The van der Waals surface area contributed by atoms with Crippen molar-refractivity contribution in [3.8, 4) is 0 Å². The number of nitrogens with zero attached hydrogens (tertiary/aromatic N) is 1. The maximum atomic E-state index is 11.3. The van der Waals surface area contributed by atoms with E-state index in [0.717, 1.165) is 12.2 Å². The average molecular weight is 271 g/mol. The van der Waals surface area contributed by atoms with E-state index >= 15 is 0 Å². The topological polar surface area (TPSA) is 89.4 Å². The number of benzene rings is 1. The minimum atomic E-state index is -3.73. The molecule has 0 heterocycles. The minimum absolute atomic E-state index is 0.0401. The van der Waals surface area contributed by atoms with Gasteiger partial charge in [0.05, 0.1) is 4.90 Å². The van der Waals surface area contributed by atoms with Gasteiger partial charge in [0.1, 0.15) is 0 Å². The number of anilines is 2. The Balaban J connectivity index is 3.15. The predicted molar refractivity (Wildman–Crippen MR) is 75.0 cm³/mol. The third-order valence-electron chi connectivity index (χ3n) is 2.39. The van der Waals surface area contributed by atoms with Crippen LogP contribution in [0.4, 0.5) is 11.4 Å². The van der Waals surface area contributed by atoms with Crippen LogP contribution < -0.4 is 15.8 Å². The van der Waals surface area contributed by atoms with Crippen LogP contribution in [-0.4, -0.2) is 22.0 Å². The molecule has 0 aliphatic rings. The van der Waals surface area contributed by atoms with Crippen LogP contribution in [0.5, 0.6) is 0 Å². The second-order valence-electron chi connectivity index (χ2n) is 5.72. The first-order chi connectivity index (χ1) is 7.99. The summed E-state index contributed by atoms with van der Waals surface area (Å²) >= 11 is 0. The molecule has 0 amide bonds. The first-order valence-electron chi connectivity index (χ1n) is 5.63. The lowest BCUT2D eigenvalue weighted by Gasteiger charge is -2.28. The Morgan fingerprint density at radius 1 is 1.22 bits per heavy atom. The second-order valence-corrected chi connectivity index (χ2v) is 7.28. The first kappa shape index (κ1) is 14.8. The highest BCUT2D eigenvalue weighted by atomic mass is 32.2. The smallest absolute Gasteiger partial charge is 0.238 e.